The molecule has 4 aromatic rings. The Bertz CT molecular complexity index is 3970. The van der Waals surface area contributed by atoms with E-state index in [0.29, 0.717) is 6.61 Å². The third-order valence-electron chi connectivity index (χ3n) is 32.0. The Balaban J connectivity index is 0.000000139. The number of hydrogen-bond acceptors (Lipinski definition) is 15. The van der Waals surface area contributed by atoms with Crippen molar-refractivity contribution < 1.29 is 37.4 Å². The van der Waals surface area contributed by atoms with Crippen LogP contribution >= 0.6 is 0 Å². The van der Waals surface area contributed by atoms with E-state index in [4.69, 9.17) is 10.5 Å². The molecule has 5 unspecified atom stereocenters. The number of methoxy groups -OCH3 is 1. The first kappa shape index (κ1) is 95.2. The number of fused-ring (bicyclic) bond motifs is 21. The summed E-state index contributed by atoms with van der Waals surface area (Å²) >= 11 is 0. The molecule has 21 heteroatoms. The molecule has 7 aliphatic carbocycles. The van der Waals surface area contributed by atoms with Crippen LogP contribution in [0, 0.1) is 41.4 Å². The monoisotopic (exact) mass is 1690 g/mol. The minimum Gasteiger partial charge on any atom is -0.467 e. The van der Waals surface area contributed by atoms with E-state index in [0.717, 1.165) is 106 Å². The molecule has 25 rings (SSSR count). The van der Waals surface area contributed by atoms with Crippen LogP contribution < -0.4 is 15.8 Å². The fourth-order valence-corrected chi connectivity index (χ4v) is 25.1. The molecular weight excluding hydrogens is 1540 g/mol. The van der Waals surface area contributed by atoms with Gasteiger partial charge in [-0.1, -0.05) is 123 Å². The Labute approximate surface area is 728 Å². The van der Waals surface area contributed by atoms with Crippen LogP contribution in [0.4, 0.5) is 0 Å². The van der Waals surface area contributed by atoms with Gasteiger partial charge in [0.15, 0.2) is 0 Å². The maximum absolute atomic E-state index is 12.9. The van der Waals surface area contributed by atoms with E-state index in [1.807, 2.05) is 98.0 Å². The van der Waals surface area contributed by atoms with Crippen molar-refractivity contribution in [2.24, 2.45) is 51.6 Å². The lowest BCUT2D eigenvalue weighted by Crippen LogP contribution is -2.63. The molecule has 14 saturated heterocycles. The first-order chi connectivity index (χ1) is 57.2. The van der Waals surface area contributed by atoms with Gasteiger partial charge >= 0.3 is 5.97 Å². The van der Waals surface area contributed by atoms with Crippen molar-refractivity contribution in [3.05, 3.63) is 144 Å². The van der Waals surface area contributed by atoms with Crippen LogP contribution in [0.25, 0.3) is 0 Å². The fraction of sp³-hybridized carbons (Fsp3) is 0.707. The van der Waals surface area contributed by atoms with Crippen LogP contribution in [-0.2, 0) is 41.1 Å². The summed E-state index contributed by atoms with van der Waals surface area (Å²) in [6, 6.07) is 41.6. The summed E-state index contributed by atoms with van der Waals surface area (Å²) in [5, 5.41) is 12.7. The molecule has 2 amide bonds. The number of aliphatic hydroxyl groups is 1. The van der Waals surface area contributed by atoms with Crippen LogP contribution in [-0.4, -0.2) is 229 Å². The number of piperidine rings is 14. The number of benzene rings is 4. The Morgan fingerprint density at radius 3 is 1.21 bits per heavy atom. The van der Waals surface area contributed by atoms with E-state index in [2.05, 4.69) is 171 Å². The summed E-state index contributed by atoms with van der Waals surface area (Å²) in [5.41, 5.74) is 11.0. The lowest BCUT2D eigenvalue weighted by molar-refractivity contribution is -0.174. The predicted molar refractivity (Wildman–Crippen MR) is 491 cm³/mol. The highest BCUT2D eigenvalue weighted by Crippen LogP contribution is 2.53. The van der Waals surface area contributed by atoms with Crippen LogP contribution in [0.1, 0.15) is 280 Å². The quantitative estimate of drug-likeness (QED) is 0.0494. The molecule has 0 aromatic heterocycles. The first-order valence-electron chi connectivity index (χ1n) is 46.3. The third kappa shape index (κ3) is 21.0. The summed E-state index contributed by atoms with van der Waals surface area (Å²) < 4.78 is 37.0. The molecule has 14 heterocycles. The van der Waals surface area contributed by atoms with E-state index in [1.54, 1.807) is 11.9 Å². The lowest BCUT2D eigenvalue weighted by Gasteiger charge is -2.57. The molecule has 14 aliphatic heterocycles. The van der Waals surface area contributed by atoms with Crippen molar-refractivity contribution in [3.8, 4) is 0 Å². The molecule has 21 aliphatic rings. The number of nitrogens with two attached hydrogens (primary N) is 1. The highest BCUT2D eigenvalue weighted by Gasteiger charge is 2.57. The number of aldehydes is 1. The second-order valence-electron chi connectivity index (χ2n) is 40.7. The summed E-state index contributed by atoms with van der Waals surface area (Å²) in [6.07, 6.45) is 36.3. The van der Waals surface area contributed by atoms with Crippen LogP contribution in [0.15, 0.2) is 126 Å². The second-order valence-corrected chi connectivity index (χ2v) is 44.6. The van der Waals surface area contributed by atoms with Crippen molar-refractivity contribution in [3.63, 3.8) is 0 Å². The summed E-state index contributed by atoms with van der Waals surface area (Å²) in [5.74, 6) is 5.29. The van der Waals surface area contributed by atoms with E-state index in [1.165, 1.54) is 185 Å². The summed E-state index contributed by atoms with van der Waals surface area (Å²) in [6.45, 7) is 23.5. The number of aliphatic hydroxyl groups excluding tert-OH is 1. The summed E-state index contributed by atoms with van der Waals surface area (Å²) in [7, 11) is 14.1. The topological polar surface area (TPSA) is 217 Å². The number of rotatable bonds is 15. The van der Waals surface area contributed by atoms with Crippen molar-refractivity contribution in [2.45, 2.75) is 302 Å². The van der Waals surface area contributed by atoms with Gasteiger partial charge in [0.05, 0.1) is 57.4 Å². The minimum atomic E-state index is -1.12. The van der Waals surface area contributed by atoms with E-state index in [9.17, 15) is 32.7 Å². The fourth-order valence-electron chi connectivity index (χ4n) is 23.6. The zero-order chi connectivity index (χ0) is 86.6. The zero-order valence-electron chi connectivity index (χ0n) is 76.5. The number of hydrogen-bond donors (Lipinski definition) is 4. The molecule has 666 valence electrons. The van der Waals surface area contributed by atoms with Gasteiger partial charge in [-0.15, -0.1) is 0 Å². The van der Waals surface area contributed by atoms with Crippen LogP contribution in [0.2, 0.25) is 0 Å². The molecule has 7 saturated carbocycles. The van der Waals surface area contributed by atoms with E-state index in [-0.39, 0.29) is 84.6 Å². The Morgan fingerprint density at radius 1 is 0.492 bits per heavy atom. The van der Waals surface area contributed by atoms with Gasteiger partial charge in [-0.2, -0.15) is 4.40 Å². The zero-order valence-corrected chi connectivity index (χ0v) is 78.1. The molecule has 19 nitrogen and oxygen atoms in total. The van der Waals surface area contributed by atoms with Gasteiger partial charge in [-0.05, 0) is 328 Å². The largest absolute Gasteiger partial charge is 0.467 e. The molecule has 0 radical (unpaired) electrons. The molecule has 21 fully saturated rings. The number of carbonyl (C=O) groups is 4. The second kappa shape index (κ2) is 40.9. The van der Waals surface area contributed by atoms with Gasteiger partial charge in [0.25, 0.3) is 5.91 Å². The van der Waals surface area contributed by atoms with Gasteiger partial charge in [0.2, 0.25) is 5.91 Å². The predicted octanol–water partition coefficient (Wildman–Crippen LogP) is 16.1. The highest BCUT2D eigenvalue weighted by atomic mass is 32.2. The number of nitrogens with one attached hydrogen (secondary N) is 2. The van der Waals surface area contributed by atoms with Gasteiger partial charge in [0.1, 0.15) is 22.8 Å². The van der Waals surface area contributed by atoms with Crippen molar-refractivity contribution in [1.82, 2.24) is 44.3 Å². The lowest BCUT2D eigenvalue weighted by atomic mass is 9.66. The molecule has 14 bridgehead atoms. The standard InChI is InChI=1S/C22H26N2O.C19H30N2OS.C15H22N2.C13H24N2OS.C10H15NO3.C9H17NO.C9H15NO.C2H6/c1-24-16-17-12-14-22(24,15-13-17)20(18-8-4-2-5-9-18)23-21(25)19-10-6-3-7-11-19;1-18(2,3)23(22)20-17(16-8-6-5-7-9-16)19-12-10-15(11-13-19)14-21(19)4;1-17-11-12-7-9-15(17,10-8-12)14(16)13-5-3-2-4-6-13;1-12(2,3)17(16)14-10-13-7-5-11(6-8-13)9-15(13)4;1-11-8(12)7-3-5-10(11,6-4-7)9(13)14-2;2*1-10-6-8-2-4-9(10,7-11)5-3-8;1-2/h2-11,17,20H,12-16H2,1H3,(H,23,25);5-9,15,17,20H,10-14H2,1-4H3;2-6,12,14H,7-11,16H2,1H3;10-11H,5-9H2,1-4H3;7H,3-6H2,1-2H3;8,11H,2-7H2,1H3;7-8H,2-6H2,1H3;1-2H3. The van der Waals surface area contributed by atoms with Gasteiger partial charge in [-0.3, -0.25) is 39.0 Å². The number of ether oxygens (including phenoxy) is 1. The molecule has 120 heavy (non-hydrogen) atoms. The number of nitrogens with zero attached hydrogens (tertiary/aromatic N) is 8. The Morgan fingerprint density at radius 2 is 0.850 bits per heavy atom. The van der Waals surface area contributed by atoms with Crippen LogP contribution in [0.5, 0.6) is 0 Å². The highest BCUT2D eigenvalue weighted by molar-refractivity contribution is 7.85. The summed E-state index contributed by atoms with van der Waals surface area (Å²) in [4.78, 5) is 63.4. The number of esters is 1. The molecule has 5 atom stereocenters. The molecule has 4 aromatic carbocycles. The van der Waals surface area contributed by atoms with Crippen molar-refractivity contribution in [2.75, 3.05) is 102 Å². The van der Waals surface area contributed by atoms with Crippen LogP contribution in [0.3, 0.4) is 0 Å². The molecular formula is C99H155N11O8S2. The number of likely N-dealkylation sites (N-methyl/N-ethyl adjacent to an activating group) is 6. The van der Waals surface area contributed by atoms with Gasteiger partial charge in [-0.25, -0.2) is 17.9 Å². The molecule has 0 spiro atoms. The number of amides is 2. The minimum absolute atomic E-state index is 0.0184. The maximum Gasteiger partial charge on any atom is 0.331 e. The normalized spacial score (nSPS) is 34.1. The third-order valence-corrected chi connectivity index (χ3v) is 34.9. The average molecular weight is 1690 g/mol. The Hall–Kier alpha value is -5.43. The maximum atomic E-state index is 12.9. The smallest absolute Gasteiger partial charge is 0.331 e. The van der Waals surface area contributed by atoms with Crippen molar-refractivity contribution in [1.29, 1.82) is 0 Å². The SMILES string of the molecule is CC.CN1CC2CCC1(C(N)c1ccccc1)CC2.CN1CC2CCC1(C(NC(=O)c1ccccc1)c1ccccc1)CC2.CN1CC2CCC1(C(NS(=O)C(C)(C)C)c1ccccc1)CC2.CN1CC2CCC1(C=NS(=O)C(C)(C)C)CC2.CN1CC2CCC1(C=O)CC2.CN1CC2CCC1(CO)CC2.COC(=O)C12CCC(CC1)C(=O)N2C. The van der Waals surface area contributed by atoms with Gasteiger partial charge < -0.3 is 30.6 Å². The van der Waals surface area contributed by atoms with E-state index >= 15 is 0 Å². The average Bonchev–Trinajstić information content (AvgIpc) is 0.743. The molecule has 5 N–H and O–H groups in total. The van der Waals surface area contributed by atoms with E-state index < -0.39 is 27.5 Å². The first-order valence-corrected chi connectivity index (χ1v) is 48.6. The Kier molecular flexibility index (Phi) is 32.5. The van der Waals surface area contributed by atoms with Gasteiger partial charge in [0, 0.05) is 92.2 Å². The van der Waals surface area contributed by atoms with Crippen molar-refractivity contribution >= 4 is 52.3 Å². The number of carbonyl (C=O) groups excluding carboxylic acids is 4.